The van der Waals surface area contributed by atoms with Crippen molar-refractivity contribution < 1.29 is 22.0 Å². The van der Waals surface area contributed by atoms with Gasteiger partial charge in [-0.05, 0) is 48.7 Å². The van der Waals surface area contributed by atoms with Crippen molar-refractivity contribution in [3.8, 4) is 0 Å². The van der Waals surface area contributed by atoms with E-state index in [1.54, 1.807) is 12.1 Å². The molecule has 1 atom stereocenters. The average Bonchev–Trinajstić information content (AvgIpc) is 3.29. The van der Waals surface area contributed by atoms with E-state index in [0.29, 0.717) is 13.0 Å². The zero-order valence-corrected chi connectivity index (χ0v) is 16.6. The first-order valence-electron chi connectivity index (χ1n) is 9.64. The van der Waals surface area contributed by atoms with Gasteiger partial charge in [0.05, 0.1) is 4.90 Å². The molecule has 5 nitrogen and oxygen atoms in total. The first-order valence-corrected chi connectivity index (χ1v) is 11.2. The quantitative estimate of drug-likeness (QED) is 0.711. The number of alkyl halides is 2. The minimum absolute atomic E-state index is 0.212. The van der Waals surface area contributed by atoms with Gasteiger partial charge in [0.2, 0.25) is 15.7 Å². The van der Waals surface area contributed by atoms with Crippen molar-refractivity contribution >= 4 is 27.1 Å². The molecule has 2 aliphatic heterocycles. The topological polar surface area (TPSA) is 57.7 Å². The highest BCUT2D eigenvalue weighted by Gasteiger charge is 2.31. The second-order valence-corrected chi connectivity index (χ2v) is 9.36. The third-order valence-electron chi connectivity index (χ3n) is 5.70. The number of carbonyl (C=O) groups excluding carboxylic acids is 1. The van der Waals surface area contributed by atoms with Gasteiger partial charge in [0.25, 0.3) is 0 Å². The lowest BCUT2D eigenvalue weighted by Gasteiger charge is -2.21. The van der Waals surface area contributed by atoms with E-state index in [-0.39, 0.29) is 16.7 Å². The maximum absolute atomic E-state index is 12.8. The predicted molar refractivity (Wildman–Crippen MR) is 106 cm³/mol. The van der Waals surface area contributed by atoms with E-state index in [2.05, 4.69) is 11.0 Å². The fraction of sp³-hybridized carbons (Fsp3) is 0.381. The molecule has 0 aliphatic carbocycles. The van der Waals surface area contributed by atoms with Crippen molar-refractivity contribution in [1.29, 1.82) is 0 Å². The van der Waals surface area contributed by atoms with Crippen LogP contribution in [0.25, 0.3) is 0 Å². The molecular weight excluding hydrogens is 398 g/mol. The van der Waals surface area contributed by atoms with E-state index in [1.165, 1.54) is 17.7 Å². The number of carbonyl (C=O) groups is 1. The zero-order valence-electron chi connectivity index (χ0n) is 15.8. The number of halogens is 2. The smallest absolute Gasteiger partial charge is 0.341 e. The second kappa shape index (κ2) is 7.74. The van der Waals surface area contributed by atoms with Crippen molar-refractivity contribution in [1.82, 2.24) is 4.90 Å². The van der Waals surface area contributed by atoms with Crippen LogP contribution in [0.5, 0.6) is 0 Å². The molecule has 154 valence electrons. The van der Waals surface area contributed by atoms with Crippen LogP contribution in [0.15, 0.2) is 53.4 Å². The van der Waals surface area contributed by atoms with E-state index >= 15 is 0 Å². The van der Waals surface area contributed by atoms with Crippen LogP contribution in [0, 0.1) is 0 Å². The molecule has 1 fully saturated rings. The monoisotopic (exact) mass is 420 g/mol. The Morgan fingerprint density at radius 3 is 2.45 bits per heavy atom. The molecule has 2 aromatic rings. The summed E-state index contributed by atoms with van der Waals surface area (Å²) >= 11 is 0. The maximum Gasteiger partial charge on any atom is 0.341 e. The SMILES string of the molecule is O=C1CCCN1CCC1CN(c2ccc(S(=O)(=O)C(F)F)cc2)c2ccccc21. The van der Waals surface area contributed by atoms with Crippen LogP contribution in [0.1, 0.15) is 30.7 Å². The lowest BCUT2D eigenvalue weighted by molar-refractivity contribution is -0.127. The predicted octanol–water partition coefficient (Wildman–Crippen LogP) is 3.93. The number of hydrogen-bond acceptors (Lipinski definition) is 4. The third kappa shape index (κ3) is 3.73. The van der Waals surface area contributed by atoms with E-state index in [9.17, 15) is 22.0 Å². The summed E-state index contributed by atoms with van der Waals surface area (Å²) in [5.74, 6) is -2.98. The highest BCUT2D eigenvalue weighted by atomic mass is 32.2. The van der Waals surface area contributed by atoms with E-state index in [4.69, 9.17) is 0 Å². The van der Waals surface area contributed by atoms with Gasteiger partial charge in [-0.3, -0.25) is 4.79 Å². The molecule has 29 heavy (non-hydrogen) atoms. The minimum atomic E-state index is -4.60. The van der Waals surface area contributed by atoms with Gasteiger partial charge >= 0.3 is 5.76 Å². The molecule has 2 aromatic carbocycles. The summed E-state index contributed by atoms with van der Waals surface area (Å²) < 4.78 is 48.8. The molecule has 0 radical (unpaired) electrons. The Morgan fingerprint density at radius 2 is 1.79 bits per heavy atom. The molecular formula is C21H22F2N2O3S. The molecule has 0 saturated carbocycles. The summed E-state index contributed by atoms with van der Waals surface area (Å²) in [5.41, 5.74) is 2.96. The van der Waals surface area contributed by atoms with Crippen LogP contribution in [0.2, 0.25) is 0 Å². The molecule has 0 bridgehead atoms. The lowest BCUT2D eigenvalue weighted by Crippen LogP contribution is -2.27. The summed E-state index contributed by atoms with van der Waals surface area (Å²) in [6.07, 6.45) is 2.39. The van der Waals surface area contributed by atoms with E-state index in [0.717, 1.165) is 37.3 Å². The highest BCUT2D eigenvalue weighted by molar-refractivity contribution is 7.91. The molecule has 1 unspecified atom stereocenters. The van der Waals surface area contributed by atoms with Crippen LogP contribution < -0.4 is 4.90 Å². The molecule has 0 N–H and O–H groups in total. The Labute approximate surface area is 168 Å². The van der Waals surface area contributed by atoms with Crippen molar-refractivity contribution in [3.05, 3.63) is 54.1 Å². The van der Waals surface area contributed by atoms with Crippen molar-refractivity contribution in [2.24, 2.45) is 0 Å². The Balaban J connectivity index is 1.55. The number of hydrogen-bond donors (Lipinski definition) is 0. The summed E-state index contributed by atoms with van der Waals surface area (Å²) in [5, 5.41) is 0. The third-order valence-corrected chi connectivity index (χ3v) is 7.10. The standard InChI is InChI=1S/C21H22F2N2O3S/c22-21(23)29(27,28)17-9-7-16(8-10-17)25-14-15(18-4-1-2-5-19(18)25)11-13-24-12-3-6-20(24)26/h1-2,4-5,7-10,15,21H,3,6,11-14H2. The lowest BCUT2D eigenvalue weighted by atomic mass is 9.98. The summed E-state index contributed by atoms with van der Waals surface area (Å²) in [7, 11) is -4.60. The van der Waals surface area contributed by atoms with Gasteiger partial charge in [-0.25, -0.2) is 8.42 Å². The normalized spacial score (nSPS) is 19.3. The largest absolute Gasteiger partial charge is 0.343 e. The highest BCUT2D eigenvalue weighted by Crippen LogP contribution is 2.42. The van der Waals surface area contributed by atoms with Gasteiger partial charge in [-0.1, -0.05) is 18.2 Å². The molecule has 0 aromatic heterocycles. The fourth-order valence-electron chi connectivity index (χ4n) is 4.16. The van der Waals surface area contributed by atoms with E-state index in [1.807, 2.05) is 23.1 Å². The summed E-state index contributed by atoms with van der Waals surface area (Å²) in [6.45, 7) is 2.23. The zero-order chi connectivity index (χ0) is 20.6. The van der Waals surface area contributed by atoms with Gasteiger partial charge < -0.3 is 9.80 Å². The van der Waals surface area contributed by atoms with Gasteiger partial charge in [0, 0.05) is 43.3 Å². The fourth-order valence-corrected chi connectivity index (χ4v) is 4.88. The van der Waals surface area contributed by atoms with Crippen LogP contribution in [0.4, 0.5) is 20.2 Å². The number of para-hydroxylation sites is 1. The molecule has 4 rings (SSSR count). The second-order valence-electron chi connectivity index (χ2n) is 7.44. The van der Waals surface area contributed by atoms with Crippen LogP contribution in [0.3, 0.4) is 0 Å². The van der Waals surface area contributed by atoms with Crippen LogP contribution >= 0.6 is 0 Å². The molecule has 1 saturated heterocycles. The maximum atomic E-state index is 12.8. The molecule has 2 heterocycles. The number of likely N-dealkylation sites (tertiary alicyclic amines) is 1. The Hall–Kier alpha value is -2.48. The van der Waals surface area contributed by atoms with Crippen LogP contribution in [-0.2, 0) is 14.6 Å². The Bertz CT molecular complexity index is 1010. The number of nitrogens with zero attached hydrogens (tertiary/aromatic N) is 2. The number of fused-ring (bicyclic) bond motifs is 1. The minimum Gasteiger partial charge on any atom is -0.343 e. The first kappa shape index (κ1) is 19.8. The molecule has 8 heteroatoms. The number of sulfone groups is 1. The van der Waals surface area contributed by atoms with Crippen molar-refractivity contribution in [2.75, 3.05) is 24.5 Å². The Morgan fingerprint density at radius 1 is 1.07 bits per heavy atom. The van der Waals surface area contributed by atoms with E-state index < -0.39 is 15.6 Å². The number of anilines is 2. The summed E-state index contributed by atoms with van der Waals surface area (Å²) in [6, 6.07) is 13.6. The number of amides is 1. The molecule has 2 aliphatic rings. The van der Waals surface area contributed by atoms with Gasteiger partial charge in [-0.15, -0.1) is 0 Å². The van der Waals surface area contributed by atoms with Crippen molar-refractivity contribution in [3.63, 3.8) is 0 Å². The average molecular weight is 420 g/mol. The van der Waals surface area contributed by atoms with Gasteiger partial charge in [0.1, 0.15) is 0 Å². The summed E-state index contributed by atoms with van der Waals surface area (Å²) in [4.78, 5) is 15.5. The number of benzene rings is 2. The molecule has 0 spiro atoms. The first-order chi connectivity index (χ1) is 13.9. The van der Waals surface area contributed by atoms with Crippen molar-refractivity contribution in [2.45, 2.75) is 35.8 Å². The molecule has 1 amide bonds. The Kier molecular flexibility index (Phi) is 5.29. The van der Waals surface area contributed by atoms with Gasteiger partial charge in [-0.2, -0.15) is 8.78 Å². The van der Waals surface area contributed by atoms with Crippen LogP contribution in [-0.4, -0.2) is 44.6 Å². The van der Waals surface area contributed by atoms with Gasteiger partial charge in [0.15, 0.2) is 0 Å². The number of rotatable bonds is 6.